The summed E-state index contributed by atoms with van der Waals surface area (Å²) in [4.78, 5) is 12.2. The highest BCUT2D eigenvalue weighted by molar-refractivity contribution is 7.99. The van der Waals surface area contributed by atoms with E-state index in [0.717, 1.165) is 50.8 Å². The molecule has 4 heterocycles. The number of morpholine rings is 1. The van der Waals surface area contributed by atoms with Crippen LogP contribution in [0.4, 0.5) is 5.82 Å². The fourth-order valence-corrected chi connectivity index (χ4v) is 6.84. The van der Waals surface area contributed by atoms with E-state index in [-0.39, 0.29) is 9.79 Å². The van der Waals surface area contributed by atoms with Crippen LogP contribution in [0.1, 0.15) is 5.69 Å². The predicted molar refractivity (Wildman–Crippen MR) is 132 cm³/mol. The van der Waals surface area contributed by atoms with Crippen LogP contribution in [0.2, 0.25) is 0 Å². The van der Waals surface area contributed by atoms with Gasteiger partial charge in [0.05, 0.1) is 23.8 Å². The molecule has 0 aliphatic carbocycles. The molecule has 0 amide bonds. The largest absolute Gasteiger partial charge is 0.379 e. The SMILES string of the molecule is CSc1nn2c(N3CCN(C)CC3)cc(CN3CCOCC3)nc2c1S(=O)(=O)c1ccccc1. The Balaban J connectivity index is 1.67. The molecule has 11 heteroatoms. The fourth-order valence-electron chi connectivity index (χ4n) is 4.43. The standard InChI is InChI=1S/C23H30N6O3S2/c1-26-8-10-28(11-9-26)20-16-18(17-27-12-14-32-15-13-27)24-22-21(23(33-2)25-29(20)22)34(30,31)19-6-4-3-5-7-19/h3-7,16H,8-15,17H2,1-2H3. The number of nitrogens with zero attached hydrogens (tertiary/aromatic N) is 6. The van der Waals surface area contributed by atoms with Gasteiger partial charge >= 0.3 is 0 Å². The van der Waals surface area contributed by atoms with E-state index in [0.29, 0.717) is 30.4 Å². The maximum atomic E-state index is 13.8. The first-order valence-electron chi connectivity index (χ1n) is 11.5. The molecule has 0 unspecified atom stereocenters. The van der Waals surface area contributed by atoms with E-state index in [1.807, 2.05) is 12.3 Å². The van der Waals surface area contributed by atoms with Gasteiger partial charge in [-0.15, -0.1) is 11.8 Å². The maximum Gasteiger partial charge on any atom is 0.213 e. The Morgan fingerprint density at radius 2 is 1.74 bits per heavy atom. The lowest BCUT2D eigenvalue weighted by atomic mass is 10.3. The molecule has 0 spiro atoms. The Kier molecular flexibility index (Phi) is 6.81. The Hall–Kier alpha value is -2.18. The maximum absolute atomic E-state index is 13.8. The summed E-state index contributed by atoms with van der Waals surface area (Å²) in [6, 6.07) is 10.6. The summed E-state index contributed by atoms with van der Waals surface area (Å²) in [5, 5.41) is 5.22. The number of ether oxygens (including phenoxy) is 1. The van der Waals surface area contributed by atoms with Crippen LogP contribution in [-0.4, -0.2) is 98.6 Å². The molecule has 2 fully saturated rings. The molecule has 0 saturated carbocycles. The minimum absolute atomic E-state index is 0.186. The highest BCUT2D eigenvalue weighted by atomic mass is 32.2. The summed E-state index contributed by atoms with van der Waals surface area (Å²) < 4.78 is 34.8. The Labute approximate surface area is 204 Å². The normalized spacial score (nSPS) is 18.6. The number of fused-ring (bicyclic) bond motifs is 1. The zero-order valence-electron chi connectivity index (χ0n) is 19.6. The molecule has 0 atom stereocenters. The molecule has 5 rings (SSSR count). The van der Waals surface area contributed by atoms with Gasteiger partial charge in [0.25, 0.3) is 0 Å². The smallest absolute Gasteiger partial charge is 0.213 e. The second kappa shape index (κ2) is 9.82. The molecule has 2 saturated heterocycles. The number of hydrogen-bond donors (Lipinski definition) is 0. The third-order valence-corrected chi connectivity index (χ3v) is 8.99. The van der Waals surface area contributed by atoms with Crippen LogP contribution < -0.4 is 4.90 Å². The molecular formula is C23H30N6O3S2. The van der Waals surface area contributed by atoms with Gasteiger partial charge in [-0.1, -0.05) is 18.2 Å². The van der Waals surface area contributed by atoms with Crippen molar-refractivity contribution in [1.82, 2.24) is 24.4 Å². The Morgan fingerprint density at radius 1 is 1.03 bits per heavy atom. The number of anilines is 1. The van der Waals surface area contributed by atoms with Gasteiger partial charge in [-0.25, -0.2) is 13.4 Å². The Bertz CT molecular complexity index is 1250. The average molecular weight is 503 g/mol. The summed E-state index contributed by atoms with van der Waals surface area (Å²) >= 11 is 1.34. The third-order valence-electron chi connectivity index (χ3n) is 6.38. The van der Waals surface area contributed by atoms with Crippen LogP contribution in [0.3, 0.4) is 0 Å². The highest BCUT2D eigenvalue weighted by Crippen LogP contribution is 2.34. The van der Waals surface area contributed by atoms with E-state index in [4.69, 9.17) is 14.8 Å². The number of benzene rings is 1. The van der Waals surface area contributed by atoms with Crippen molar-refractivity contribution in [3.63, 3.8) is 0 Å². The second-order valence-electron chi connectivity index (χ2n) is 8.67. The van der Waals surface area contributed by atoms with Gasteiger partial charge in [0.1, 0.15) is 10.8 Å². The first kappa shape index (κ1) is 23.6. The zero-order chi connectivity index (χ0) is 23.7. The van der Waals surface area contributed by atoms with Crippen LogP contribution in [0.5, 0.6) is 0 Å². The summed E-state index contributed by atoms with van der Waals surface area (Å²) in [6.45, 7) is 7.29. The van der Waals surface area contributed by atoms with Crippen molar-refractivity contribution >= 4 is 33.1 Å². The van der Waals surface area contributed by atoms with Crippen molar-refractivity contribution in [2.24, 2.45) is 0 Å². The van der Waals surface area contributed by atoms with Crippen LogP contribution >= 0.6 is 11.8 Å². The van der Waals surface area contributed by atoms with Gasteiger partial charge < -0.3 is 14.5 Å². The monoisotopic (exact) mass is 502 g/mol. The topological polar surface area (TPSA) is 83.3 Å². The van der Waals surface area contributed by atoms with Crippen LogP contribution in [0.25, 0.3) is 5.65 Å². The molecule has 1 aromatic carbocycles. The fraction of sp³-hybridized carbons (Fsp3) is 0.478. The minimum atomic E-state index is -3.80. The average Bonchev–Trinajstić information content (AvgIpc) is 3.25. The molecule has 34 heavy (non-hydrogen) atoms. The van der Waals surface area contributed by atoms with E-state index in [2.05, 4.69) is 27.8 Å². The van der Waals surface area contributed by atoms with Gasteiger partial charge in [0, 0.05) is 51.9 Å². The molecule has 0 bridgehead atoms. The lowest BCUT2D eigenvalue weighted by Crippen LogP contribution is -2.45. The van der Waals surface area contributed by atoms with Crippen molar-refractivity contribution in [1.29, 1.82) is 0 Å². The van der Waals surface area contributed by atoms with Crippen molar-refractivity contribution in [3.8, 4) is 0 Å². The van der Waals surface area contributed by atoms with Crippen LogP contribution in [0.15, 0.2) is 51.2 Å². The van der Waals surface area contributed by atoms with E-state index in [1.165, 1.54) is 11.8 Å². The number of sulfone groups is 1. The van der Waals surface area contributed by atoms with Crippen LogP contribution in [-0.2, 0) is 21.1 Å². The number of thioether (sulfide) groups is 1. The molecule has 182 valence electrons. The summed E-state index contributed by atoms with van der Waals surface area (Å²) in [5.74, 6) is 0.895. The quantitative estimate of drug-likeness (QED) is 0.469. The summed E-state index contributed by atoms with van der Waals surface area (Å²) in [7, 11) is -1.68. The molecule has 2 aromatic heterocycles. The van der Waals surface area contributed by atoms with E-state index in [9.17, 15) is 8.42 Å². The van der Waals surface area contributed by atoms with Gasteiger partial charge in [-0.05, 0) is 25.4 Å². The molecule has 0 N–H and O–H groups in total. The third kappa shape index (κ3) is 4.55. The lowest BCUT2D eigenvalue weighted by molar-refractivity contribution is 0.0337. The summed E-state index contributed by atoms with van der Waals surface area (Å²) in [6.07, 6.45) is 1.86. The van der Waals surface area contributed by atoms with Gasteiger partial charge in [-0.3, -0.25) is 4.90 Å². The molecule has 2 aliphatic rings. The van der Waals surface area contributed by atoms with Gasteiger partial charge in [0.15, 0.2) is 10.5 Å². The number of hydrogen-bond acceptors (Lipinski definition) is 9. The highest BCUT2D eigenvalue weighted by Gasteiger charge is 2.31. The molecule has 2 aliphatic heterocycles. The first-order chi connectivity index (χ1) is 16.5. The van der Waals surface area contributed by atoms with Crippen LogP contribution in [0, 0.1) is 0 Å². The van der Waals surface area contributed by atoms with E-state index >= 15 is 0 Å². The molecule has 3 aromatic rings. The zero-order valence-corrected chi connectivity index (χ0v) is 21.2. The van der Waals surface area contributed by atoms with Crippen molar-refractivity contribution in [2.45, 2.75) is 21.4 Å². The number of rotatable bonds is 6. The Morgan fingerprint density at radius 3 is 2.41 bits per heavy atom. The lowest BCUT2D eigenvalue weighted by Gasteiger charge is -2.34. The van der Waals surface area contributed by atoms with Crippen molar-refractivity contribution in [3.05, 3.63) is 42.1 Å². The van der Waals surface area contributed by atoms with Crippen molar-refractivity contribution in [2.75, 3.05) is 70.7 Å². The van der Waals surface area contributed by atoms with E-state index < -0.39 is 9.84 Å². The molecular weight excluding hydrogens is 472 g/mol. The van der Waals surface area contributed by atoms with E-state index in [1.54, 1.807) is 28.8 Å². The second-order valence-corrected chi connectivity index (χ2v) is 11.4. The molecule has 0 radical (unpaired) electrons. The van der Waals surface area contributed by atoms with Crippen molar-refractivity contribution < 1.29 is 13.2 Å². The minimum Gasteiger partial charge on any atom is -0.379 e. The summed E-state index contributed by atoms with van der Waals surface area (Å²) in [5.41, 5.74) is 1.24. The van der Waals surface area contributed by atoms with Gasteiger partial charge in [-0.2, -0.15) is 9.61 Å². The number of aromatic nitrogens is 3. The first-order valence-corrected chi connectivity index (χ1v) is 14.2. The predicted octanol–water partition coefficient (Wildman–Crippen LogP) is 1.87. The number of piperazine rings is 1. The number of likely N-dealkylation sites (N-methyl/N-ethyl adjacent to an activating group) is 1. The molecule has 9 nitrogen and oxygen atoms in total. The van der Waals surface area contributed by atoms with Gasteiger partial charge in [0.2, 0.25) is 9.84 Å².